The van der Waals surface area contributed by atoms with Gasteiger partial charge in [0.1, 0.15) is 16.5 Å². The van der Waals surface area contributed by atoms with Crippen LogP contribution in [0.3, 0.4) is 0 Å². The van der Waals surface area contributed by atoms with Crippen LogP contribution in [-0.4, -0.2) is 36.9 Å². The van der Waals surface area contributed by atoms with Gasteiger partial charge in [-0.05, 0) is 57.2 Å². The number of hydrogen-bond donors (Lipinski definition) is 2. The number of aryl methyl sites for hydroxylation is 1. The van der Waals surface area contributed by atoms with Gasteiger partial charge in [-0.3, -0.25) is 4.79 Å². The summed E-state index contributed by atoms with van der Waals surface area (Å²) in [6.45, 7) is 5.59. The molecule has 0 unspecified atom stereocenters. The van der Waals surface area contributed by atoms with Gasteiger partial charge in [-0.15, -0.1) is 10.2 Å². The molecule has 0 amide bonds. The van der Waals surface area contributed by atoms with Gasteiger partial charge in [0.05, 0.1) is 17.9 Å². The number of carbonyl (C=O) groups excluding carboxylic acids is 1. The molecule has 30 heavy (non-hydrogen) atoms. The first-order chi connectivity index (χ1) is 14.4. The summed E-state index contributed by atoms with van der Waals surface area (Å²) in [5.74, 6) is -0.629. The highest BCUT2D eigenvalue weighted by Gasteiger charge is 2.32. The maximum absolute atomic E-state index is 13.3. The predicted molar refractivity (Wildman–Crippen MR) is 111 cm³/mol. The van der Waals surface area contributed by atoms with Crippen LogP contribution in [-0.2, 0) is 0 Å². The molecule has 4 rings (SSSR count). The number of ketones is 1. The van der Waals surface area contributed by atoms with Crippen molar-refractivity contribution < 1.29 is 24.2 Å². The molecule has 0 aliphatic heterocycles. The highest BCUT2D eigenvalue weighted by atomic mass is 32.1. The van der Waals surface area contributed by atoms with Gasteiger partial charge in [-0.1, -0.05) is 11.3 Å². The number of benzene rings is 1. The van der Waals surface area contributed by atoms with Crippen LogP contribution in [0.5, 0.6) is 17.4 Å². The van der Waals surface area contributed by atoms with Gasteiger partial charge < -0.3 is 19.4 Å². The molecule has 0 aliphatic carbocycles. The Balaban J connectivity index is 1.86. The molecule has 0 bridgehead atoms. The smallest absolute Gasteiger partial charge is 0.242 e. The molecule has 154 valence electrons. The molecular weight excluding hydrogens is 406 g/mol. The Labute approximate surface area is 176 Å². The molecule has 4 aromatic rings. The topological polar surface area (TPSA) is 111 Å². The van der Waals surface area contributed by atoms with Crippen molar-refractivity contribution in [2.45, 2.75) is 26.9 Å². The summed E-state index contributed by atoms with van der Waals surface area (Å²) >= 11 is 1.20. The van der Waals surface area contributed by atoms with Crippen molar-refractivity contribution in [3.8, 4) is 34.0 Å². The van der Waals surface area contributed by atoms with Crippen molar-refractivity contribution in [1.82, 2.24) is 14.8 Å². The Morgan fingerprint density at radius 3 is 2.47 bits per heavy atom. The molecule has 0 radical (unpaired) electrons. The zero-order valence-corrected chi connectivity index (χ0v) is 17.3. The SMILES string of the molecule is Cc1nnc(-n2c(O)c(O)c(C(=O)c3ccc(OC(C)C)cc3)c2-c2ccco2)s1. The second kappa shape index (κ2) is 7.68. The van der Waals surface area contributed by atoms with Crippen LogP contribution >= 0.6 is 11.3 Å². The maximum Gasteiger partial charge on any atom is 0.242 e. The second-order valence-electron chi connectivity index (χ2n) is 6.83. The van der Waals surface area contributed by atoms with Gasteiger partial charge in [0, 0.05) is 5.56 Å². The van der Waals surface area contributed by atoms with E-state index in [0.717, 1.165) is 0 Å². The quantitative estimate of drug-likeness (QED) is 0.442. The average molecular weight is 425 g/mol. The third-order valence-corrected chi connectivity index (χ3v) is 5.12. The first kappa shape index (κ1) is 19.7. The normalized spacial score (nSPS) is 11.2. The molecule has 8 nitrogen and oxygen atoms in total. The largest absolute Gasteiger partial charge is 0.503 e. The van der Waals surface area contributed by atoms with E-state index in [1.54, 1.807) is 43.3 Å². The maximum atomic E-state index is 13.3. The highest BCUT2D eigenvalue weighted by molar-refractivity contribution is 7.13. The number of aromatic hydroxyl groups is 2. The molecule has 9 heteroatoms. The zero-order chi connectivity index (χ0) is 21.4. The Bertz CT molecular complexity index is 1190. The van der Waals surface area contributed by atoms with Gasteiger partial charge >= 0.3 is 0 Å². The van der Waals surface area contributed by atoms with E-state index in [1.807, 2.05) is 13.8 Å². The van der Waals surface area contributed by atoms with Gasteiger partial charge in [0.15, 0.2) is 17.3 Å². The van der Waals surface area contributed by atoms with E-state index in [1.165, 1.54) is 22.2 Å². The molecular formula is C21H19N3O5S. The fraction of sp³-hybridized carbons (Fsp3) is 0.190. The second-order valence-corrected chi connectivity index (χ2v) is 7.99. The molecule has 0 saturated carbocycles. The monoisotopic (exact) mass is 425 g/mol. The first-order valence-electron chi connectivity index (χ1n) is 9.19. The fourth-order valence-corrected chi connectivity index (χ4v) is 3.77. The first-order valence-corrected chi connectivity index (χ1v) is 10.0. The lowest BCUT2D eigenvalue weighted by Gasteiger charge is -2.10. The third kappa shape index (κ3) is 3.43. The average Bonchev–Trinajstić information content (AvgIpc) is 3.43. The van der Waals surface area contributed by atoms with E-state index in [9.17, 15) is 15.0 Å². The van der Waals surface area contributed by atoms with Crippen LogP contribution in [0.4, 0.5) is 0 Å². The Kier molecular flexibility index (Phi) is 5.04. The summed E-state index contributed by atoms with van der Waals surface area (Å²) < 4.78 is 12.4. The summed E-state index contributed by atoms with van der Waals surface area (Å²) in [4.78, 5) is 13.3. The number of hydrogen-bond acceptors (Lipinski definition) is 8. The standard InChI is InChI=1S/C21H19N3O5S/c1-11(2)29-14-8-6-13(7-9-14)18(25)16-17(15-5-4-10-28-15)24(20(27)19(16)26)21-23-22-12(3)30-21/h4-11,26-27H,1-3H3. The number of furan rings is 1. The molecule has 0 spiro atoms. The molecule has 3 heterocycles. The minimum absolute atomic E-state index is 0.00231. The lowest BCUT2D eigenvalue weighted by atomic mass is 10.0. The van der Waals surface area contributed by atoms with Crippen molar-refractivity contribution in [1.29, 1.82) is 0 Å². The molecule has 0 atom stereocenters. The van der Waals surface area contributed by atoms with Gasteiger partial charge in [-0.2, -0.15) is 0 Å². The van der Waals surface area contributed by atoms with Crippen molar-refractivity contribution in [3.05, 3.63) is 58.8 Å². The molecule has 2 N–H and O–H groups in total. The summed E-state index contributed by atoms with van der Waals surface area (Å²) in [6.07, 6.45) is 1.45. The van der Waals surface area contributed by atoms with Gasteiger partial charge in [-0.25, -0.2) is 4.57 Å². The molecule has 0 fully saturated rings. The number of nitrogens with zero attached hydrogens (tertiary/aromatic N) is 3. The van der Waals surface area contributed by atoms with Crippen LogP contribution in [0.1, 0.15) is 34.8 Å². The highest BCUT2D eigenvalue weighted by Crippen LogP contribution is 2.44. The van der Waals surface area contributed by atoms with Crippen molar-refractivity contribution >= 4 is 17.1 Å². The molecule has 0 saturated heterocycles. The van der Waals surface area contributed by atoms with E-state index in [4.69, 9.17) is 9.15 Å². The Morgan fingerprint density at radius 1 is 1.17 bits per heavy atom. The number of carbonyl (C=O) groups is 1. The summed E-state index contributed by atoms with van der Waals surface area (Å²) in [7, 11) is 0. The lowest BCUT2D eigenvalue weighted by molar-refractivity contribution is 0.103. The summed E-state index contributed by atoms with van der Waals surface area (Å²) in [6, 6.07) is 9.86. The molecule has 1 aromatic carbocycles. The van der Waals surface area contributed by atoms with Crippen molar-refractivity contribution in [3.63, 3.8) is 0 Å². The van der Waals surface area contributed by atoms with Crippen LogP contribution in [0, 0.1) is 6.92 Å². The number of aromatic nitrogens is 3. The third-order valence-electron chi connectivity index (χ3n) is 4.30. The summed E-state index contributed by atoms with van der Waals surface area (Å²) in [5, 5.41) is 30.3. The summed E-state index contributed by atoms with van der Waals surface area (Å²) in [5.41, 5.74) is 0.422. The van der Waals surface area contributed by atoms with E-state index in [0.29, 0.717) is 27.2 Å². The number of rotatable bonds is 6. The van der Waals surface area contributed by atoms with E-state index in [-0.39, 0.29) is 17.4 Å². The van der Waals surface area contributed by atoms with E-state index in [2.05, 4.69) is 10.2 Å². The van der Waals surface area contributed by atoms with E-state index >= 15 is 0 Å². The van der Waals surface area contributed by atoms with Crippen molar-refractivity contribution in [2.75, 3.05) is 0 Å². The minimum atomic E-state index is -0.554. The van der Waals surface area contributed by atoms with E-state index < -0.39 is 17.4 Å². The van der Waals surface area contributed by atoms with Gasteiger partial charge in [0.25, 0.3) is 0 Å². The lowest BCUT2D eigenvalue weighted by Crippen LogP contribution is -2.07. The van der Waals surface area contributed by atoms with Crippen LogP contribution in [0.25, 0.3) is 16.6 Å². The zero-order valence-electron chi connectivity index (χ0n) is 16.5. The van der Waals surface area contributed by atoms with Crippen LogP contribution in [0.15, 0.2) is 47.1 Å². The Hall–Kier alpha value is -3.59. The number of ether oxygens (including phenoxy) is 1. The van der Waals surface area contributed by atoms with Gasteiger partial charge in [0.2, 0.25) is 11.0 Å². The molecule has 0 aliphatic rings. The Morgan fingerprint density at radius 2 is 1.90 bits per heavy atom. The van der Waals surface area contributed by atoms with Crippen molar-refractivity contribution in [2.24, 2.45) is 0 Å². The van der Waals surface area contributed by atoms with Crippen LogP contribution in [0.2, 0.25) is 0 Å². The predicted octanol–water partition coefficient (Wildman–Crippen LogP) is 4.33. The fourth-order valence-electron chi connectivity index (χ4n) is 3.07. The minimum Gasteiger partial charge on any atom is -0.503 e. The van der Waals surface area contributed by atoms with Crippen LogP contribution < -0.4 is 4.74 Å². The molecule has 3 aromatic heterocycles.